The number of aromatic nitrogens is 2. The first-order chi connectivity index (χ1) is 5.84. The molecule has 0 saturated carbocycles. The zero-order valence-corrected chi connectivity index (χ0v) is 8.30. The number of hydrogen-bond acceptors (Lipinski definition) is 2. The Balaban J connectivity index is 3.31. The first-order valence-corrected chi connectivity index (χ1v) is 4.12. The van der Waals surface area contributed by atoms with E-state index in [1.165, 1.54) is 0 Å². The van der Waals surface area contributed by atoms with E-state index in [0.29, 0.717) is 17.0 Å². The fourth-order valence-corrected chi connectivity index (χ4v) is 1.24. The van der Waals surface area contributed by atoms with Gasteiger partial charge in [-0.2, -0.15) is 5.10 Å². The van der Waals surface area contributed by atoms with Crippen molar-refractivity contribution in [3.8, 4) is 0 Å². The molecule has 72 valence electrons. The molecule has 4 nitrogen and oxygen atoms in total. The van der Waals surface area contributed by atoms with Gasteiger partial charge >= 0.3 is 5.97 Å². The molecule has 0 spiro atoms. The third kappa shape index (κ3) is 1.71. The van der Waals surface area contributed by atoms with Crippen LogP contribution >= 0.6 is 0 Å². The summed E-state index contributed by atoms with van der Waals surface area (Å²) in [4.78, 5) is 10.9. The topological polar surface area (TPSA) is 66.0 Å². The summed E-state index contributed by atoms with van der Waals surface area (Å²) in [5.41, 5.74) is 1.30. The first kappa shape index (κ1) is 9.77. The molecular formula is C9H14N2O2. The minimum Gasteiger partial charge on any atom is -0.478 e. The Hall–Kier alpha value is -1.32. The van der Waals surface area contributed by atoms with E-state index in [2.05, 4.69) is 10.2 Å². The van der Waals surface area contributed by atoms with Gasteiger partial charge < -0.3 is 5.11 Å². The number of aromatic carboxylic acids is 1. The molecule has 1 rings (SSSR count). The van der Waals surface area contributed by atoms with Crippen molar-refractivity contribution in [1.29, 1.82) is 0 Å². The van der Waals surface area contributed by atoms with Gasteiger partial charge in [0, 0.05) is 5.41 Å². The molecule has 2 N–H and O–H groups in total. The number of aryl methyl sites for hydroxylation is 1. The number of hydrogen-bond donors (Lipinski definition) is 2. The highest BCUT2D eigenvalue weighted by molar-refractivity contribution is 5.90. The van der Waals surface area contributed by atoms with Gasteiger partial charge in [-0.25, -0.2) is 4.79 Å². The van der Waals surface area contributed by atoms with Gasteiger partial charge in [-0.1, -0.05) is 20.8 Å². The van der Waals surface area contributed by atoms with Gasteiger partial charge in [-0.15, -0.1) is 0 Å². The fourth-order valence-electron chi connectivity index (χ4n) is 1.24. The van der Waals surface area contributed by atoms with Crippen LogP contribution in [0.5, 0.6) is 0 Å². The lowest BCUT2D eigenvalue weighted by atomic mass is 9.89. The molecule has 0 aromatic carbocycles. The van der Waals surface area contributed by atoms with E-state index < -0.39 is 5.97 Å². The summed E-state index contributed by atoms with van der Waals surface area (Å²) in [6.45, 7) is 7.54. The highest BCUT2D eigenvalue weighted by Gasteiger charge is 2.25. The summed E-state index contributed by atoms with van der Waals surface area (Å²) in [5, 5.41) is 15.6. The van der Waals surface area contributed by atoms with Crippen LogP contribution in [0.1, 0.15) is 42.5 Å². The highest BCUT2D eigenvalue weighted by Crippen LogP contribution is 2.25. The number of nitrogens with one attached hydrogen (secondary N) is 1. The Labute approximate surface area is 77.0 Å². The molecule has 1 aromatic rings. The van der Waals surface area contributed by atoms with E-state index in [0.717, 1.165) is 0 Å². The van der Waals surface area contributed by atoms with Crippen LogP contribution in [0.4, 0.5) is 0 Å². The lowest BCUT2D eigenvalue weighted by molar-refractivity contribution is 0.0693. The second-order valence-corrected chi connectivity index (χ2v) is 4.11. The SMILES string of the molecule is Cc1n[nH]c(C(C)(C)C)c1C(=O)O. The maximum atomic E-state index is 10.9. The van der Waals surface area contributed by atoms with E-state index in [1.807, 2.05) is 20.8 Å². The summed E-state index contributed by atoms with van der Waals surface area (Å²) in [5.74, 6) is -0.920. The molecule has 0 radical (unpaired) electrons. The number of carbonyl (C=O) groups is 1. The third-order valence-electron chi connectivity index (χ3n) is 1.91. The average molecular weight is 182 g/mol. The monoisotopic (exact) mass is 182 g/mol. The number of carboxylic acids is 1. The van der Waals surface area contributed by atoms with Crippen LogP contribution in [0.2, 0.25) is 0 Å². The molecule has 0 aliphatic rings. The molecule has 4 heteroatoms. The summed E-state index contributed by atoms with van der Waals surface area (Å²) in [6.07, 6.45) is 0. The Morgan fingerprint density at radius 2 is 2.00 bits per heavy atom. The van der Waals surface area contributed by atoms with Gasteiger partial charge in [-0.3, -0.25) is 5.10 Å². The van der Waals surface area contributed by atoms with Crippen molar-refractivity contribution >= 4 is 5.97 Å². The largest absolute Gasteiger partial charge is 0.478 e. The molecule has 0 aliphatic heterocycles. The molecule has 0 unspecified atom stereocenters. The predicted octanol–water partition coefficient (Wildman–Crippen LogP) is 1.71. The number of H-pyrrole nitrogens is 1. The van der Waals surface area contributed by atoms with Crippen molar-refractivity contribution in [2.24, 2.45) is 0 Å². The standard InChI is InChI=1S/C9H14N2O2/c1-5-6(8(12)13)7(11-10-5)9(2,3)4/h1-4H3,(H,10,11)(H,12,13). The summed E-state index contributed by atoms with van der Waals surface area (Å²) < 4.78 is 0. The van der Waals surface area contributed by atoms with E-state index in [4.69, 9.17) is 5.11 Å². The van der Waals surface area contributed by atoms with Crippen molar-refractivity contribution in [3.05, 3.63) is 17.0 Å². The minimum absolute atomic E-state index is 0.213. The smallest absolute Gasteiger partial charge is 0.339 e. The predicted molar refractivity (Wildman–Crippen MR) is 49.0 cm³/mol. The molecule has 0 atom stereocenters. The Morgan fingerprint density at radius 3 is 2.31 bits per heavy atom. The van der Waals surface area contributed by atoms with Gasteiger partial charge in [0.1, 0.15) is 5.56 Å². The second kappa shape index (κ2) is 2.87. The zero-order valence-electron chi connectivity index (χ0n) is 8.30. The van der Waals surface area contributed by atoms with Gasteiger partial charge in [0.15, 0.2) is 0 Å². The first-order valence-electron chi connectivity index (χ1n) is 4.12. The summed E-state index contributed by atoms with van der Waals surface area (Å²) in [6, 6.07) is 0. The normalized spacial score (nSPS) is 11.7. The highest BCUT2D eigenvalue weighted by atomic mass is 16.4. The summed E-state index contributed by atoms with van der Waals surface area (Å²) >= 11 is 0. The van der Waals surface area contributed by atoms with E-state index >= 15 is 0 Å². The minimum atomic E-state index is -0.920. The Bertz CT molecular complexity index is 334. The molecule has 0 fully saturated rings. The van der Waals surface area contributed by atoms with Crippen molar-refractivity contribution in [2.75, 3.05) is 0 Å². The summed E-state index contributed by atoms with van der Waals surface area (Å²) in [7, 11) is 0. The Kier molecular flexibility index (Phi) is 2.15. The van der Waals surface area contributed by atoms with Crippen LogP contribution in [-0.2, 0) is 5.41 Å². The fraction of sp³-hybridized carbons (Fsp3) is 0.556. The molecule has 0 saturated heterocycles. The van der Waals surface area contributed by atoms with E-state index in [9.17, 15) is 4.79 Å². The lowest BCUT2D eigenvalue weighted by Crippen LogP contribution is -2.16. The van der Waals surface area contributed by atoms with Crippen LogP contribution < -0.4 is 0 Å². The van der Waals surface area contributed by atoms with Crippen LogP contribution in [0.3, 0.4) is 0 Å². The van der Waals surface area contributed by atoms with Crippen LogP contribution in [0.25, 0.3) is 0 Å². The number of carboxylic acid groups (broad SMARTS) is 1. The van der Waals surface area contributed by atoms with Crippen LogP contribution in [0.15, 0.2) is 0 Å². The average Bonchev–Trinajstić information content (AvgIpc) is 2.28. The van der Waals surface area contributed by atoms with Crippen molar-refractivity contribution in [3.63, 3.8) is 0 Å². The molecule has 1 aromatic heterocycles. The van der Waals surface area contributed by atoms with Gasteiger partial charge in [0.05, 0.1) is 11.4 Å². The molecule has 13 heavy (non-hydrogen) atoms. The van der Waals surface area contributed by atoms with Gasteiger partial charge in [-0.05, 0) is 6.92 Å². The molecule has 0 bridgehead atoms. The van der Waals surface area contributed by atoms with Crippen LogP contribution in [-0.4, -0.2) is 21.3 Å². The zero-order chi connectivity index (χ0) is 10.2. The second-order valence-electron chi connectivity index (χ2n) is 4.11. The maximum absolute atomic E-state index is 10.9. The van der Waals surface area contributed by atoms with Crippen molar-refractivity contribution in [2.45, 2.75) is 33.1 Å². The lowest BCUT2D eigenvalue weighted by Gasteiger charge is -2.16. The Morgan fingerprint density at radius 1 is 1.46 bits per heavy atom. The molecule has 1 heterocycles. The quantitative estimate of drug-likeness (QED) is 0.694. The van der Waals surface area contributed by atoms with Gasteiger partial charge in [0.25, 0.3) is 0 Å². The maximum Gasteiger partial charge on any atom is 0.339 e. The van der Waals surface area contributed by atoms with Crippen molar-refractivity contribution < 1.29 is 9.90 Å². The van der Waals surface area contributed by atoms with E-state index in [1.54, 1.807) is 6.92 Å². The molecular weight excluding hydrogens is 168 g/mol. The third-order valence-corrected chi connectivity index (χ3v) is 1.91. The number of aromatic amines is 1. The number of nitrogens with zero attached hydrogens (tertiary/aromatic N) is 1. The van der Waals surface area contributed by atoms with E-state index in [-0.39, 0.29) is 5.41 Å². The molecule has 0 amide bonds. The van der Waals surface area contributed by atoms with Crippen molar-refractivity contribution in [1.82, 2.24) is 10.2 Å². The van der Waals surface area contributed by atoms with Crippen LogP contribution in [0, 0.1) is 6.92 Å². The number of rotatable bonds is 1. The molecule has 0 aliphatic carbocycles. The van der Waals surface area contributed by atoms with Gasteiger partial charge in [0.2, 0.25) is 0 Å².